The minimum absolute atomic E-state index is 0. The number of pyridine rings is 1. The summed E-state index contributed by atoms with van der Waals surface area (Å²) in [4.78, 5) is 4.03. The van der Waals surface area contributed by atoms with Crippen LogP contribution in [0, 0.1) is 6.92 Å². The molecule has 2 aromatic heterocycles. The van der Waals surface area contributed by atoms with Gasteiger partial charge in [-0.2, -0.15) is 0 Å². The number of aryl methyl sites for hydroxylation is 1. The summed E-state index contributed by atoms with van der Waals surface area (Å²) in [6, 6.07) is 10.6. The molecule has 0 saturated carbocycles. The van der Waals surface area contributed by atoms with E-state index in [1.54, 1.807) is 25.3 Å². The normalized spacial score (nSPS) is 9.32. The Bertz CT molecular complexity index is 633. The molecule has 19 heavy (non-hydrogen) atoms. The molecule has 0 aliphatic rings. The summed E-state index contributed by atoms with van der Waals surface area (Å²) in [5, 5.41) is 21.9. The fourth-order valence-electron chi connectivity index (χ4n) is 1.44. The van der Waals surface area contributed by atoms with Crippen LogP contribution in [0.5, 0.6) is 11.6 Å². The molecule has 3 rings (SSSR count). The number of aromatic nitrogens is 2. The number of aromatic hydroxyl groups is 2. The second-order valence-corrected chi connectivity index (χ2v) is 3.65. The van der Waals surface area contributed by atoms with Crippen molar-refractivity contribution in [1.82, 2.24) is 10.1 Å². The Morgan fingerprint density at radius 3 is 2.37 bits per heavy atom. The van der Waals surface area contributed by atoms with Crippen LogP contribution < -0.4 is 0 Å². The van der Waals surface area contributed by atoms with Crippen molar-refractivity contribution in [3.05, 3.63) is 48.4 Å². The zero-order valence-electron chi connectivity index (χ0n) is 10.0. The number of fused-ring (bicyclic) bond motifs is 1. The van der Waals surface area contributed by atoms with Gasteiger partial charge in [-0.1, -0.05) is 18.2 Å². The number of phenolic OH excluding ortho intramolecular Hbond substituents is 1. The molecule has 5 nitrogen and oxygen atoms in total. The summed E-state index contributed by atoms with van der Waals surface area (Å²) >= 11 is 0. The van der Waals surface area contributed by atoms with Crippen molar-refractivity contribution >= 4 is 10.9 Å². The topological polar surface area (TPSA) is 79.4 Å². The third-order valence-electron chi connectivity index (χ3n) is 2.23. The molecule has 1 radical (unpaired) electrons. The molecule has 3 aromatic rings. The standard InChI is InChI=1S/C9H7NO.C4H5NO2.Cu/c11-8-5-1-3-7-4-2-6-10-9(7)8;1-3-2-4(6)5-7-3;/h1-6,11H;2H,1H3,(H,5,6);. The van der Waals surface area contributed by atoms with Crippen LogP contribution in [0.25, 0.3) is 10.9 Å². The van der Waals surface area contributed by atoms with Crippen LogP contribution in [0.1, 0.15) is 5.76 Å². The van der Waals surface area contributed by atoms with Crippen LogP contribution in [0.4, 0.5) is 0 Å². The molecule has 2 N–H and O–H groups in total. The third kappa shape index (κ3) is 3.98. The molecule has 0 amide bonds. The molecule has 0 atom stereocenters. The van der Waals surface area contributed by atoms with Gasteiger partial charge in [0.15, 0.2) is 0 Å². The number of nitrogens with zero attached hydrogens (tertiary/aromatic N) is 2. The van der Waals surface area contributed by atoms with Gasteiger partial charge in [-0.15, -0.1) is 0 Å². The molecule has 0 aliphatic heterocycles. The quantitative estimate of drug-likeness (QED) is 0.624. The van der Waals surface area contributed by atoms with Gasteiger partial charge in [-0.3, -0.25) is 4.98 Å². The van der Waals surface area contributed by atoms with E-state index in [-0.39, 0.29) is 28.7 Å². The Morgan fingerprint density at radius 2 is 1.84 bits per heavy atom. The zero-order valence-corrected chi connectivity index (χ0v) is 11.0. The fraction of sp³-hybridized carbons (Fsp3) is 0.0769. The summed E-state index contributed by atoms with van der Waals surface area (Å²) in [6.07, 6.45) is 1.67. The van der Waals surface area contributed by atoms with E-state index in [1.165, 1.54) is 6.07 Å². The zero-order chi connectivity index (χ0) is 13.0. The van der Waals surface area contributed by atoms with E-state index in [0.717, 1.165) is 5.39 Å². The van der Waals surface area contributed by atoms with Crippen molar-refractivity contribution in [2.24, 2.45) is 0 Å². The van der Waals surface area contributed by atoms with Gasteiger partial charge in [0.2, 0.25) is 0 Å². The Balaban J connectivity index is 0.000000198. The van der Waals surface area contributed by atoms with E-state index in [0.29, 0.717) is 11.3 Å². The molecule has 0 unspecified atom stereocenters. The van der Waals surface area contributed by atoms with Crippen LogP contribution in [0.2, 0.25) is 0 Å². The van der Waals surface area contributed by atoms with Gasteiger partial charge >= 0.3 is 0 Å². The van der Waals surface area contributed by atoms with Crippen molar-refractivity contribution in [3.8, 4) is 11.6 Å². The summed E-state index contributed by atoms with van der Waals surface area (Å²) in [5.41, 5.74) is 0.662. The van der Waals surface area contributed by atoms with E-state index in [2.05, 4.69) is 14.7 Å². The van der Waals surface area contributed by atoms with E-state index in [1.807, 2.05) is 18.2 Å². The van der Waals surface area contributed by atoms with Crippen LogP contribution in [0.15, 0.2) is 47.1 Å². The fourth-order valence-corrected chi connectivity index (χ4v) is 1.44. The Kier molecular flexibility index (Phi) is 5.36. The number of phenols is 1. The molecule has 0 aliphatic carbocycles. The molecular weight excluding hydrogens is 296 g/mol. The first-order chi connectivity index (χ1) is 8.66. The van der Waals surface area contributed by atoms with E-state index >= 15 is 0 Å². The summed E-state index contributed by atoms with van der Waals surface area (Å²) in [7, 11) is 0. The Hall–Kier alpha value is -2.04. The second kappa shape index (κ2) is 6.78. The molecule has 1 aromatic carbocycles. The van der Waals surface area contributed by atoms with Gasteiger partial charge in [0, 0.05) is 34.7 Å². The molecule has 0 saturated heterocycles. The molecule has 2 heterocycles. The van der Waals surface area contributed by atoms with Crippen LogP contribution >= 0.6 is 0 Å². The second-order valence-electron chi connectivity index (χ2n) is 3.65. The number of para-hydroxylation sites is 1. The Morgan fingerprint density at radius 1 is 1.11 bits per heavy atom. The van der Waals surface area contributed by atoms with Gasteiger partial charge in [-0.05, 0) is 24.2 Å². The van der Waals surface area contributed by atoms with Gasteiger partial charge in [0.25, 0.3) is 5.88 Å². The average Bonchev–Trinajstić information content (AvgIpc) is 2.75. The van der Waals surface area contributed by atoms with E-state index in [4.69, 9.17) is 5.11 Å². The first-order valence-electron chi connectivity index (χ1n) is 5.32. The van der Waals surface area contributed by atoms with Gasteiger partial charge in [0.05, 0.1) is 0 Å². The number of hydrogen-bond donors (Lipinski definition) is 2. The molecule has 103 valence electrons. The van der Waals surface area contributed by atoms with Gasteiger partial charge in [0.1, 0.15) is 17.0 Å². The third-order valence-corrected chi connectivity index (χ3v) is 2.23. The first kappa shape index (κ1) is 15.0. The summed E-state index contributed by atoms with van der Waals surface area (Å²) in [5.74, 6) is 0.804. The number of benzene rings is 1. The van der Waals surface area contributed by atoms with Crippen molar-refractivity contribution < 1.29 is 31.8 Å². The first-order valence-corrected chi connectivity index (χ1v) is 5.32. The van der Waals surface area contributed by atoms with Gasteiger partial charge < -0.3 is 14.7 Å². The summed E-state index contributed by atoms with van der Waals surface area (Å²) < 4.78 is 4.46. The van der Waals surface area contributed by atoms with Crippen LogP contribution in [0.3, 0.4) is 0 Å². The maximum absolute atomic E-state index is 9.31. The van der Waals surface area contributed by atoms with Crippen molar-refractivity contribution in [2.75, 3.05) is 0 Å². The van der Waals surface area contributed by atoms with Crippen LogP contribution in [-0.2, 0) is 17.1 Å². The smallest absolute Gasteiger partial charge is 0.251 e. The molecule has 6 heteroatoms. The van der Waals surface area contributed by atoms with Gasteiger partial charge in [-0.25, -0.2) is 0 Å². The van der Waals surface area contributed by atoms with Crippen molar-refractivity contribution in [1.29, 1.82) is 0 Å². The minimum atomic E-state index is -0.0579. The van der Waals surface area contributed by atoms with Crippen molar-refractivity contribution in [3.63, 3.8) is 0 Å². The molecular formula is C13H12CuN2O3. The predicted octanol–water partition coefficient (Wildman–Crippen LogP) is 2.63. The monoisotopic (exact) mass is 307 g/mol. The minimum Gasteiger partial charge on any atom is -0.506 e. The predicted molar refractivity (Wildman–Crippen MR) is 66.3 cm³/mol. The number of rotatable bonds is 0. The van der Waals surface area contributed by atoms with E-state index in [9.17, 15) is 5.11 Å². The van der Waals surface area contributed by atoms with Crippen LogP contribution in [-0.4, -0.2) is 20.4 Å². The SMILES string of the molecule is Cc1cc(O)no1.Oc1cccc2cccnc12.[Cu]. The van der Waals surface area contributed by atoms with Crippen molar-refractivity contribution in [2.45, 2.75) is 6.92 Å². The molecule has 0 fully saturated rings. The number of hydrogen-bond acceptors (Lipinski definition) is 5. The average molecular weight is 308 g/mol. The largest absolute Gasteiger partial charge is 0.506 e. The molecule has 0 bridgehead atoms. The summed E-state index contributed by atoms with van der Waals surface area (Å²) in [6.45, 7) is 1.72. The molecule has 0 spiro atoms. The Labute approximate surface area is 120 Å². The maximum atomic E-state index is 9.31. The van der Waals surface area contributed by atoms with E-state index < -0.39 is 0 Å². The maximum Gasteiger partial charge on any atom is 0.251 e.